The minimum absolute atomic E-state index is 0.107. The standard InChI is InChI=1S/C48H32N4/c1-48(2)40-21-11-7-18-35(40)38-29-45-39(28-41(38)48)36-19-10-14-24-44(36)52(45)33-26-31(34-17-8-12-22-42(34)49-3)25-32(27-33)47-50-43-23-13-9-20-37(43)46(51-47)30-15-5-4-6-16-30/h4-29H,1-2H3. The van der Waals surface area contributed by atoms with Crippen LogP contribution in [0, 0.1) is 6.57 Å². The lowest BCUT2D eigenvalue weighted by molar-refractivity contribution is 0.661. The average molecular weight is 665 g/mol. The van der Waals surface area contributed by atoms with Crippen molar-refractivity contribution in [3.63, 3.8) is 0 Å². The van der Waals surface area contributed by atoms with Gasteiger partial charge in [0.15, 0.2) is 11.5 Å². The Labute approximate surface area is 302 Å². The molecule has 2 heterocycles. The maximum atomic E-state index is 8.03. The molecular formula is C48H32N4. The van der Waals surface area contributed by atoms with Crippen molar-refractivity contribution in [3.8, 4) is 50.6 Å². The van der Waals surface area contributed by atoms with Gasteiger partial charge in [-0.25, -0.2) is 14.8 Å². The molecule has 0 saturated heterocycles. The van der Waals surface area contributed by atoms with Crippen LogP contribution in [0.15, 0.2) is 158 Å². The Morgan fingerprint density at radius 3 is 2.06 bits per heavy atom. The molecule has 52 heavy (non-hydrogen) atoms. The minimum atomic E-state index is -0.107. The third-order valence-corrected chi connectivity index (χ3v) is 10.8. The Kier molecular flexibility index (Phi) is 6.55. The summed E-state index contributed by atoms with van der Waals surface area (Å²) in [6.07, 6.45) is 0. The molecule has 4 heteroatoms. The lowest BCUT2D eigenvalue weighted by Gasteiger charge is -2.21. The van der Waals surface area contributed by atoms with Gasteiger partial charge < -0.3 is 4.57 Å². The van der Waals surface area contributed by atoms with Crippen molar-refractivity contribution in [3.05, 3.63) is 180 Å². The van der Waals surface area contributed by atoms with E-state index in [0.717, 1.165) is 55.6 Å². The molecule has 9 aromatic rings. The zero-order valence-corrected chi connectivity index (χ0v) is 28.8. The average Bonchev–Trinajstić information content (AvgIpc) is 3.64. The number of aromatic nitrogens is 3. The van der Waals surface area contributed by atoms with Crippen molar-refractivity contribution in [1.82, 2.24) is 14.5 Å². The van der Waals surface area contributed by atoms with Gasteiger partial charge in [-0.3, -0.25) is 0 Å². The van der Waals surface area contributed by atoms with Crippen molar-refractivity contribution in [2.24, 2.45) is 0 Å². The van der Waals surface area contributed by atoms with Gasteiger partial charge in [0.2, 0.25) is 0 Å². The van der Waals surface area contributed by atoms with E-state index in [9.17, 15) is 0 Å². The Hall–Kier alpha value is -6.83. The van der Waals surface area contributed by atoms with E-state index in [1.54, 1.807) is 0 Å². The summed E-state index contributed by atoms with van der Waals surface area (Å²) < 4.78 is 2.38. The number of hydrogen-bond donors (Lipinski definition) is 0. The third kappa shape index (κ3) is 4.46. The molecule has 244 valence electrons. The van der Waals surface area contributed by atoms with Gasteiger partial charge in [0.25, 0.3) is 0 Å². The lowest BCUT2D eigenvalue weighted by atomic mass is 9.82. The highest BCUT2D eigenvalue weighted by molar-refractivity contribution is 6.11. The van der Waals surface area contributed by atoms with E-state index in [-0.39, 0.29) is 5.41 Å². The van der Waals surface area contributed by atoms with E-state index in [0.29, 0.717) is 11.5 Å². The van der Waals surface area contributed by atoms with Crippen molar-refractivity contribution >= 4 is 38.4 Å². The summed E-state index contributed by atoms with van der Waals surface area (Å²) in [6.45, 7) is 12.7. The Morgan fingerprint density at radius 1 is 0.519 bits per heavy atom. The Balaban J connectivity index is 1.29. The van der Waals surface area contributed by atoms with Crippen LogP contribution in [-0.4, -0.2) is 14.5 Å². The van der Waals surface area contributed by atoms with Crippen molar-refractivity contribution in [2.75, 3.05) is 0 Å². The second kappa shape index (κ2) is 11.3. The molecule has 0 radical (unpaired) electrons. The van der Waals surface area contributed by atoms with Crippen molar-refractivity contribution < 1.29 is 0 Å². The largest absolute Gasteiger partial charge is 0.309 e. The molecule has 0 fully saturated rings. The van der Waals surface area contributed by atoms with Crippen LogP contribution in [-0.2, 0) is 5.41 Å². The van der Waals surface area contributed by atoms with Gasteiger partial charge in [-0.2, -0.15) is 0 Å². The molecule has 10 rings (SSSR count). The second-order valence-corrected chi connectivity index (χ2v) is 14.1. The number of hydrogen-bond acceptors (Lipinski definition) is 2. The van der Waals surface area contributed by atoms with Crippen LogP contribution in [0.4, 0.5) is 5.69 Å². The molecule has 0 bridgehead atoms. The molecule has 4 nitrogen and oxygen atoms in total. The van der Waals surface area contributed by atoms with Gasteiger partial charge >= 0.3 is 0 Å². The third-order valence-electron chi connectivity index (χ3n) is 10.8. The number of fused-ring (bicyclic) bond motifs is 7. The monoisotopic (exact) mass is 664 g/mol. The zero-order chi connectivity index (χ0) is 35.0. The van der Waals surface area contributed by atoms with Gasteiger partial charge in [0, 0.05) is 38.4 Å². The molecule has 0 saturated carbocycles. The van der Waals surface area contributed by atoms with Crippen LogP contribution in [0.2, 0.25) is 0 Å². The molecule has 0 spiro atoms. The Morgan fingerprint density at radius 2 is 1.21 bits per heavy atom. The van der Waals surface area contributed by atoms with Gasteiger partial charge in [-0.1, -0.05) is 129 Å². The van der Waals surface area contributed by atoms with Gasteiger partial charge in [-0.05, 0) is 75.8 Å². The van der Waals surface area contributed by atoms with Gasteiger partial charge in [0.05, 0.1) is 28.8 Å². The van der Waals surface area contributed by atoms with Gasteiger partial charge in [-0.15, -0.1) is 0 Å². The first-order valence-corrected chi connectivity index (χ1v) is 17.6. The second-order valence-electron chi connectivity index (χ2n) is 14.1. The van der Waals surface area contributed by atoms with E-state index < -0.39 is 0 Å². The number of para-hydroxylation sites is 3. The predicted octanol–water partition coefficient (Wildman–Crippen LogP) is 12.6. The highest BCUT2D eigenvalue weighted by Crippen LogP contribution is 2.51. The molecule has 7 aromatic carbocycles. The van der Waals surface area contributed by atoms with E-state index in [2.05, 4.69) is 126 Å². The van der Waals surface area contributed by atoms with E-state index in [1.807, 2.05) is 54.6 Å². The molecule has 0 unspecified atom stereocenters. The van der Waals surface area contributed by atoms with Crippen LogP contribution < -0.4 is 0 Å². The molecule has 0 N–H and O–H groups in total. The van der Waals surface area contributed by atoms with Crippen LogP contribution in [0.5, 0.6) is 0 Å². The summed E-state index contributed by atoms with van der Waals surface area (Å²) in [5.41, 5.74) is 14.5. The molecule has 1 aliphatic carbocycles. The highest BCUT2D eigenvalue weighted by atomic mass is 15.0. The van der Waals surface area contributed by atoms with E-state index in [1.165, 1.54) is 33.0 Å². The summed E-state index contributed by atoms with van der Waals surface area (Å²) in [5, 5.41) is 3.43. The van der Waals surface area contributed by atoms with Crippen LogP contribution in [0.1, 0.15) is 25.0 Å². The maximum Gasteiger partial charge on any atom is 0.194 e. The molecule has 1 aliphatic rings. The first kappa shape index (κ1) is 30.0. The van der Waals surface area contributed by atoms with Crippen LogP contribution >= 0.6 is 0 Å². The summed E-state index contributed by atoms with van der Waals surface area (Å²) in [7, 11) is 0. The molecular weight excluding hydrogens is 633 g/mol. The molecule has 0 atom stereocenters. The minimum Gasteiger partial charge on any atom is -0.309 e. The lowest BCUT2D eigenvalue weighted by Crippen LogP contribution is -2.14. The van der Waals surface area contributed by atoms with Gasteiger partial charge in [0.1, 0.15) is 0 Å². The van der Waals surface area contributed by atoms with E-state index in [4.69, 9.17) is 16.5 Å². The topological polar surface area (TPSA) is 35.1 Å². The summed E-state index contributed by atoms with van der Waals surface area (Å²) in [4.78, 5) is 14.4. The summed E-state index contributed by atoms with van der Waals surface area (Å²) in [6, 6.07) is 55.2. The van der Waals surface area contributed by atoms with Crippen LogP contribution in [0.3, 0.4) is 0 Å². The van der Waals surface area contributed by atoms with Crippen molar-refractivity contribution in [1.29, 1.82) is 0 Å². The zero-order valence-electron chi connectivity index (χ0n) is 28.8. The fourth-order valence-corrected chi connectivity index (χ4v) is 8.30. The first-order valence-electron chi connectivity index (χ1n) is 17.6. The number of rotatable bonds is 4. The quantitative estimate of drug-likeness (QED) is 0.176. The molecule has 2 aromatic heterocycles. The molecule has 0 amide bonds. The fourth-order valence-electron chi connectivity index (χ4n) is 8.30. The van der Waals surface area contributed by atoms with Crippen LogP contribution in [0.25, 0.3) is 88.1 Å². The summed E-state index contributed by atoms with van der Waals surface area (Å²) in [5.74, 6) is 0.637. The predicted molar refractivity (Wildman–Crippen MR) is 214 cm³/mol. The molecule has 0 aliphatic heterocycles. The SMILES string of the molecule is [C-]#[N+]c1ccccc1-c1cc(-c2nc(-c3ccccc3)c3ccccc3n2)cc(-n2c3ccccc3c3cc4c(cc32)-c2ccccc2C4(C)C)c1. The summed E-state index contributed by atoms with van der Waals surface area (Å²) >= 11 is 0. The van der Waals surface area contributed by atoms with E-state index >= 15 is 0 Å². The van der Waals surface area contributed by atoms with Crippen molar-refractivity contribution in [2.45, 2.75) is 19.3 Å². The fraction of sp³-hybridized carbons (Fsp3) is 0.0625. The Bertz CT molecular complexity index is 2940. The number of benzene rings is 7. The first-order chi connectivity index (χ1) is 25.5. The smallest absolute Gasteiger partial charge is 0.194 e. The number of nitrogens with zero attached hydrogens (tertiary/aromatic N) is 4. The maximum absolute atomic E-state index is 8.03. The normalized spacial score (nSPS) is 12.9. The highest BCUT2D eigenvalue weighted by Gasteiger charge is 2.36.